The number of aliphatic hydroxyl groups excluding tert-OH is 1. The maximum absolute atomic E-state index is 12.6. The number of carbonyl (C=O) groups is 1. The van der Waals surface area contributed by atoms with Crippen molar-refractivity contribution in [2.45, 2.75) is 142 Å². The number of hydrogen-bond acceptors (Lipinski definition) is 5. The molecule has 0 saturated heterocycles. The van der Waals surface area contributed by atoms with E-state index in [0.717, 1.165) is 38.5 Å². The fourth-order valence-electron chi connectivity index (χ4n) is 4.28. The number of carbonyl (C=O) groups excluding carboxylic acids is 1. The topological polar surface area (TPSA) is 105 Å². The number of rotatable bonds is 27. The van der Waals surface area contributed by atoms with E-state index in [2.05, 4.69) is 19.2 Å². The Hall–Kier alpha value is -0.500. The first-order chi connectivity index (χ1) is 18.0. The van der Waals surface area contributed by atoms with Crippen molar-refractivity contribution in [3.05, 3.63) is 0 Å². The Labute approximate surface area is 234 Å². The monoisotopic (exact) mass is 565 g/mol. The van der Waals surface area contributed by atoms with Gasteiger partial charge in [-0.1, -0.05) is 110 Å². The fraction of sp³-hybridized carbons (Fsp3) is 0.966. The molecule has 0 rings (SSSR count). The summed E-state index contributed by atoms with van der Waals surface area (Å²) in [6, 6.07) is -0.747. The molecule has 0 saturated carbocycles. The van der Waals surface area contributed by atoms with E-state index in [1.165, 1.54) is 64.2 Å². The van der Waals surface area contributed by atoms with Crippen molar-refractivity contribution < 1.29 is 32.9 Å². The molecule has 0 aliphatic carbocycles. The van der Waals surface area contributed by atoms with E-state index in [9.17, 15) is 19.4 Å². The lowest BCUT2D eigenvalue weighted by molar-refractivity contribution is -0.870. The summed E-state index contributed by atoms with van der Waals surface area (Å²) in [4.78, 5) is 22.7. The predicted octanol–water partition coefficient (Wildman–Crippen LogP) is 6.73. The van der Waals surface area contributed by atoms with Crippen LogP contribution in [0.25, 0.3) is 0 Å². The van der Waals surface area contributed by atoms with E-state index in [-0.39, 0.29) is 19.1 Å². The van der Waals surface area contributed by atoms with Crippen molar-refractivity contribution in [1.29, 1.82) is 0 Å². The average Bonchev–Trinajstić information content (AvgIpc) is 2.84. The molecule has 0 spiro atoms. The highest BCUT2D eigenvalue weighted by Gasteiger charge is 2.28. The smallest absolute Gasteiger partial charge is 0.391 e. The van der Waals surface area contributed by atoms with Gasteiger partial charge in [0.2, 0.25) is 5.91 Å². The Balaban J connectivity index is 4.58. The van der Waals surface area contributed by atoms with Gasteiger partial charge in [-0.05, 0) is 12.8 Å². The molecule has 0 bridgehead atoms. The van der Waals surface area contributed by atoms with Gasteiger partial charge in [0.15, 0.2) is 0 Å². The number of quaternary nitrogens is 1. The second-order valence-corrected chi connectivity index (χ2v) is 13.3. The second-order valence-electron chi connectivity index (χ2n) is 11.8. The summed E-state index contributed by atoms with van der Waals surface area (Å²) < 4.78 is 23.3. The van der Waals surface area contributed by atoms with Gasteiger partial charge >= 0.3 is 7.82 Å². The number of nitrogens with one attached hydrogen (secondary N) is 1. The number of aliphatic hydroxyl groups is 1. The number of phosphoric acid groups is 1. The van der Waals surface area contributed by atoms with Crippen molar-refractivity contribution in [3.8, 4) is 0 Å². The van der Waals surface area contributed by atoms with Crippen LogP contribution in [0.5, 0.6) is 0 Å². The number of hydrogen-bond donors (Lipinski definition) is 3. The lowest BCUT2D eigenvalue weighted by atomic mass is 10.0. The molecule has 38 heavy (non-hydrogen) atoms. The standard InChI is InChI=1S/C29H61N2O6P/c1-6-8-10-12-14-15-17-19-21-23-29(33)30-27(28(32)22-20-18-16-13-11-9-7-2)26-37-38(34,35)36-25-24-31(3,4)5/h27-28,32H,6-26H2,1-5H3,(H-,30,33,34,35)/p+1. The Kier molecular flexibility index (Phi) is 22.9. The van der Waals surface area contributed by atoms with Crippen molar-refractivity contribution in [1.82, 2.24) is 5.32 Å². The third kappa shape index (κ3) is 24.5. The summed E-state index contributed by atoms with van der Waals surface area (Å²) in [6.45, 7) is 4.78. The van der Waals surface area contributed by atoms with E-state index in [1.54, 1.807) is 0 Å². The second kappa shape index (κ2) is 23.2. The molecule has 9 heteroatoms. The third-order valence-electron chi connectivity index (χ3n) is 6.86. The highest BCUT2D eigenvalue weighted by molar-refractivity contribution is 7.47. The van der Waals surface area contributed by atoms with E-state index in [4.69, 9.17) is 9.05 Å². The molecule has 0 aromatic heterocycles. The predicted molar refractivity (Wildman–Crippen MR) is 157 cm³/mol. The van der Waals surface area contributed by atoms with Gasteiger partial charge in [0.1, 0.15) is 13.2 Å². The van der Waals surface area contributed by atoms with Crippen LogP contribution in [0, 0.1) is 0 Å². The zero-order valence-corrected chi connectivity index (χ0v) is 26.3. The molecule has 1 amide bonds. The highest BCUT2D eigenvalue weighted by atomic mass is 31.2. The minimum absolute atomic E-state index is 0.0769. The Bertz CT molecular complexity index is 614. The van der Waals surface area contributed by atoms with E-state index in [0.29, 0.717) is 23.9 Å². The van der Waals surface area contributed by atoms with Gasteiger partial charge in [-0.2, -0.15) is 0 Å². The SMILES string of the molecule is CCCCCCCCCCCC(=O)NC(COP(=O)(O)OCC[N+](C)(C)C)C(O)CCCCCCCCC. The average molecular weight is 566 g/mol. The van der Waals surface area contributed by atoms with Crippen LogP contribution in [0.1, 0.15) is 129 Å². The number of amides is 1. The zero-order valence-electron chi connectivity index (χ0n) is 25.4. The minimum Gasteiger partial charge on any atom is -0.391 e. The van der Waals surface area contributed by atoms with Gasteiger partial charge in [-0.15, -0.1) is 0 Å². The van der Waals surface area contributed by atoms with Crippen LogP contribution >= 0.6 is 7.82 Å². The van der Waals surface area contributed by atoms with Crippen LogP contribution in [-0.2, 0) is 18.4 Å². The van der Waals surface area contributed by atoms with Gasteiger partial charge in [0.05, 0.1) is 39.9 Å². The highest BCUT2D eigenvalue weighted by Crippen LogP contribution is 2.43. The number of phosphoric ester groups is 1. The van der Waals surface area contributed by atoms with Gasteiger partial charge in [0, 0.05) is 6.42 Å². The molecular formula is C29H62N2O6P+. The number of unbranched alkanes of at least 4 members (excludes halogenated alkanes) is 14. The quantitative estimate of drug-likeness (QED) is 0.0579. The summed E-state index contributed by atoms with van der Waals surface area (Å²) in [5, 5.41) is 13.7. The maximum Gasteiger partial charge on any atom is 0.472 e. The molecule has 3 N–H and O–H groups in total. The first kappa shape index (κ1) is 37.5. The molecule has 0 radical (unpaired) electrons. The first-order valence-corrected chi connectivity index (χ1v) is 16.9. The number of likely N-dealkylation sites (N-methyl/N-ethyl adjacent to an activating group) is 1. The van der Waals surface area contributed by atoms with Gasteiger partial charge in [0.25, 0.3) is 0 Å². The molecule has 0 aliphatic heterocycles. The minimum atomic E-state index is -4.28. The van der Waals surface area contributed by atoms with Crippen molar-refractivity contribution in [2.24, 2.45) is 0 Å². The molecule has 0 aliphatic rings. The largest absolute Gasteiger partial charge is 0.472 e. The van der Waals surface area contributed by atoms with Gasteiger partial charge < -0.3 is 19.8 Å². The normalized spacial score (nSPS) is 15.2. The maximum atomic E-state index is 12.6. The van der Waals surface area contributed by atoms with Crippen molar-refractivity contribution >= 4 is 13.7 Å². The zero-order chi connectivity index (χ0) is 28.7. The molecule has 8 nitrogen and oxygen atoms in total. The van der Waals surface area contributed by atoms with E-state index >= 15 is 0 Å². The lowest BCUT2D eigenvalue weighted by Gasteiger charge is -2.26. The fourth-order valence-corrected chi connectivity index (χ4v) is 5.01. The third-order valence-corrected chi connectivity index (χ3v) is 7.84. The van der Waals surface area contributed by atoms with E-state index in [1.807, 2.05) is 21.1 Å². The molecule has 228 valence electrons. The summed E-state index contributed by atoms with van der Waals surface area (Å²) in [5.74, 6) is -0.154. The summed E-state index contributed by atoms with van der Waals surface area (Å²) in [7, 11) is 1.61. The number of nitrogens with zero attached hydrogens (tertiary/aromatic N) is 1. The van der Waals surface area contributed by atoms with Crippen LogP contribution in [0.4, 0.5) is 0 Å². The molecule has 0 heterocycles. The van der Waals surface area contributed by atoms with E-state index < -0.39 is 20.0 Å². The first-order valence-electron chi connectivity index (χ1n) is 15.4. The molecule has 0 aromatic carbocycles. The molecular weight excluding hydrogens is 503 g/mol. The Morgan fingerprint density at radius 1 is 0.789 bits per heavy atom. The molecule has 3 unspecified atom stereocenters. The molecule has 3 atom stereocenters. The lowest BCUT2D eigenvalue weighted by Crippen LogP contribution is -2.46. The van der Waals surface area contributed by atoms with Crippen LogP contribution < -0.4 is 5.32 Å². The Morgan fingerprint density at radius 3 is 1.76 bits per heavy atom. The molecule has 0 fully saturated rings. The summed E-state index contributed by atoms with van der Waals surface area (Å²) >= 11 is 0. The summed E-state index contributed by atoms with van der Waals surface area (Å²) in [6.07, 6.45) is 18.5. The molecule has 0 aromatic rings. The van der Waals surface area contributed by atoms with Gasteiger partial charge in [-0.3, -0.25) is 13.8 Å². The van der Waals surface area contributed by atoms with Crippen LogP contribution in [0.3, 0.4) is 0 Å². The van der Waals surface area contributed by atoms with Crippen LogP contribution in [0.2, 0.25) is 0 Å². The van der Waals surface area contributed by atoms with Crippen molar-refractivity contribution in [3.63, 3.8) is 0 Å². The van der Waals surface area contributed by atoms with Crippen molar-refractivity contribution in [2.75, 3.05) is 40.9 Å². The summed E-state index contributed by atoms with van der Waals surface area (Å²) in [5.41, 5.74) is 0. The van der Waals surface area contributed by atoms with Crippen LogP contribution in [0.15, 0.2) is 0 Å². The van der Waals surface area contributed by atoms with Crippen LogP contribution in [-0.4, -0.2) is 73.4 Å². The Morgan fingerprint density at radius 2 is 1.26 bits per heavy atom. The van der Waals surface area contributed by atoms with Gasteiger partial charge in [-0.25, -0.2) is 4.57 Å².